The van der Waals surface area contributed by atoms with Gasteiger partial charge in [0.1, 0.15) is 5.15 Å². The third kappa shape index (κ3) is 2.49. The average Bonchev–Trinajstić information content (AvgIpc) is 2.64. The fourth-order valence-corrected chi connectivity index (χ4v) is 1.94. The summed E-state index contributed by atoms with van der Waals surface area (Å²) in [4.78, 5) is 15.9. The van der Waals surface area contributed by atoms with Crippen LogP contribution in [-0.4, -0.2) is 15.6 Å². The van der Waals surface area contributed by atoms with Crippen molar-refractivity contribution < 1.29 is 4.79 Å². The number of rotatable bonds is 2. The zero-order valence-electron chi connectivity index (χ0n) is 9.87. The minimum absolute atomic E-state index is 0.227. The second kappa shape index (κ2) is 5.00. The van der Waals surface area contributed by atoms with Crippen LogP contribution in [-0.2, 0) is 0 Å². The molecule has 0 aliphatic heterocycles. The molecule has 0 spiro atoms. The van der Waals surface area contributed by atoms with Gasteiger partial charge in [-0.3, -0.25) is 14.9 Å². The highest BCUT2D eigenvalue weighted by atomic mass is 35.5. The van der Waals surface area contributed by atoms with Crippen LogP contribution in [0.2, 0.25) is 10.2 Å². The Morgan fingerprint density at radius 1 is 1.28 bits per heavy atom. The van der Waals surface area contributed by atoms with Gasteiger partial charge in [-0.15, -0.1) is 0 Å². The zero-order chi connectivity index (χ0) is 13.3. The number of halogens is 2. The molecule has 0 unspecified atom stereocenters. The van der Waals surface area contributed by atoms with Gasteiger partial charge in [-0.1, -0.05) is 23.2 Å². The van der Waals surface area contributed by atoms with Gasteiger partial charge in [0.25, 0.3) is 5.91 Å². The standard InChI is InChI=1S/C12H11Cl2N3O/c1-7-3-4-8(2)17(7)16-12(18)9-5-11(14)15-6-10(9)13/h3-6H,1-2H3,(H,16,18). The Kier molecular flexibility index (Phi) is 3.59. The van der Waals surface area contributed by atoms with Gasteiger partial charge >= 0.3 is 0 Å². The van der Waals surface area contributed by atoms with E-state index >= 15 is 0 Å². The van der Waals surface area contributed by atoms with Gasteiger partial charge in [0.15, 0.2) is 0 Å². The first-order valence-corrected chi connectivity index (χ1v) is 6.02. The number of pyridine rings is 1. The maximum absolute atomic E-state index is 12.1. The summed E-state index contributed by atoms with van der Waals surface area (Å²) in [5, 5.41) is 0.491. The van der Waals surface area contributed by atoms with Gasteiger partial charge in [0, 0.05) is 17.6 Å². The van der Waals surface area contributed by atoms with Crippen molar-refractivity contribution in [2.45, 2.75) is 13.8 Å². The minimum atomic E-state index is -0.327. The zero-order valence-corrected chi connectivity index (χ0v) is 11.4. The van der Waals surface area contributed by atoms with E-state index in [-0.39, 0.29) is 16.1 Å². The molecule has 0 aromatic carbocycles. The van der Waals surface area contributed by atoms with Crippen LogP contribution in [0.5, 0.6) is 0 Å². The van der Waals surface area contributed by atoms with E-state index in [1.54, 1.807) is 4.68 Å². The summed E-state index contributed by atoms with van der Waals surface area (Å²) in [7, 11) is 0. The number of hydrogen-bond donors (Lipinski definition) is 1. The van der Waals surface area contributed by atoms with Gasteiger partial charge < -0.3 is 0 Å². The Morgan fingerprint density at radius 2 is 1.89 bits per heavy atom. The Hall–Kier alpha value is -1.52. The van der Waals surface area contributed by atoms with Crippen molar-refractivity contribution in [3.05, 3.63) is 51.5 Å². The number of aromatic nitrogens is 2. The summed E-state index contributed by atoms with van der Waals surface area (Å²) in [5.74, 6) is -0.327. The second-order valence-corrected chi connectivity index (χ2v) is 4.67. The lowest BCUT2D eigenvalue weighted by Gasteiger charge is -2.12. The van der Waals surface area contributed by atoms with E-state index in [0.717, 1.165) is 11.4 Å². The Bertz CT molecular complexity index is 588. The lowest BCUT2D eigenvalue weighted by atomic mass is 10.2. The van der Waals surface area contributed by atoms with E-state index in [9.17, 15) is 4.79 Å². The molecular formula is C12H11Cl2N3O. The monoisotopic (exact) mass is 283 g/mol. The quantitative estimate of drug-likeness (QED) is 0.861. The fraction of sp³-hybridized carbons (Fsp3) is 0.167. The molecular weight excluding hydrogens is 273 g/mol. The van der Waals surface area contributed by atoms with E-state index in [1.165, 1.54) is 12.3 Å². The lowest BCUT2D eigenvalue weighted by Crippen LogP contribution is -2.25. The third-order valence-corrected chi connectivity index (χ3v) is 3.06. The molecule has 0 saturated heterocycles. The van der Waals surface area contributed by atoms with Crippen LogP contribution in [0, 0.1) is 13.8 Å². The first-order valence-electron chi connectivity index (χ1n) is 5.26. The van der Waals surface area contributed by atoms with Gasteiger partial charge in [-0.2, -0.15) is 0 Å². The van der Waals surface area contributed by atoms with Crippen molar-refractivity contribution in [3.63, 3.8) is 0 Å². The Balaban J connectivity index is 2.30. The number of hydrogen-bond acceptors (Lipinski definition) is 2. The molecule has 2 rings (SSSR count). The average molecular weight is 284 g/mol. The van der Waals surface area contributed by atoms with Crippen molar-refractivity contribution >= 4 is 29.1 Å². The van der Waals surface area contributed by atoms with Crippen LogP contribution in [0.4, 0.5) is 0 Å². The molecule has 0 aliphatic rings. The maximum atomic E-state index is 12.1. The molecule has 1 amide bonds. The van der Waals surface area contributed by atoms with Gasteiger partial charge in [0.2, 0.25) is 0 Å². The van der Waals surface area contributed by atoms with E-state index in [1.807, 2.05) is 26.0 Å². The summed E-state index contributed by atoms with van der Waals surface area (Å²) in [5.41, 5.74) is 4.90. The summed E-state index contributed by atoms with van der Waals surface area (Å²) in [6.07, 6.45) is 1.36. The van der Waals surface area contributed by atoms with E-state index < -0.39 is 0 Å². The minimum Gasteiger partial charge on any atom is -0.267 e. The molecule has 6 heteroatoms. The molecule has 0 atom stereocenters. The highest BCUT2D eigenvalue weighted by Gasteiger charge is 2.13. The largest absolute Gasteiger partial charge is 0.271 e. The van der Waals surface area contributed by atoms with Crippen LogP contribution in [0.1, 0.15) is 21.7 Å². The van der Waals surface area contributed by atoms with E-state index in [0.29, 0.717) is 5.56 Å². The number of aryl methyl sites for hydroxylation is 2. The lowest BCUT2D eigenvalue weighted by molar-refractivity contribution is 0.101. The summed E-state index contributed by atoms with van der Waals surface area (Å²) < 4.78 is 1.69. The predicted octanol–water partition coefficient (Wildman–Crippen LogP) is 3.19. The van der Waals surface area contributed by atoms with Crippen molar-refractivity contribution in [3.8, 4) is 0 Å². The number of carbonyl (C=O) groups is 1. The van der Waals surface area contributed by atoms with Gasteiger partial charge in [-0.25, -0.2) is 4.98 Å². The molecule has 1 N–H and O–H groups in total. The number of amides is 1. The van der Waals surface area contributed by atoms with Crippen LogP contribution >= 0.6 is 23.2 Å². The molecule has 94 valence electrons. The van der Waals surface area contributed by atoms with Gasteiger partial charge in [0.05, 0.1) is 10.6 Å². The SMILES string of the molecule is Cc1ccc(C)n1NC(=O)c1cc(Cl)ncc1Cl. The molecule has 0 aliphatic carbocycles. The van der Waals surface area contributed by atoms with Crippen LogP contribution in [0.25, 0.3) is 0 Å². The highest BCUT2D eigenvalue weighted by molar-refractivity contribution is 6.35. The molecule has 0 bridgehead atoms. The van der Waals surface area contributed by atoms with Crippen LogP contribution in [0.15, 0.2) is 24.4 Å². The molecule has 2 heterocycles. The molecule has 0 fully saturated rings. The second-order valence-electron chi connectivity index (χ2n) is 3.88. The molecule has 0 saturated carbocycles. The summed E-state index contributed by atoms with van der Waals surface area (Å²) in [6.45, 7) is 3.79. The number of nitrogens with one attached hydrogen (secondary N) is 1. The number of nitrogens with zero attached hydrogens (tertiary/aromatic N) is 2. The van der Waals surface area contributed by atoms with Crippen molar-refractivity contribution in [1.82, 2.24) is 9.66 Å². The number of carbonyl (C=O) groups excluding carboxylic acids is 1. The summed E-state index contributed by atoms with van der Waals surface area (Å²) >= 11 is 11.7. The van der Waals surface area contributed by atoms with Gasteiger partial charge in [-0.05, 0) is 32.0 Å². The summed E-state index contributed by atoms with van der Waals surface area (Å²) in [6, 6.07) is 5.26. The van der Waals surface area contributed by atoms with Crippen LogP contribution in [0.3, 0.4) is 0 Å². The van der Waals surface area contributed by atoms with E-state index in [2.05, 4.69) is 10.4 Å². The molecule has 2 aromatic heterocycles. The normalized spacial score (nSPS) is 10.4. The van der Waals surface area contributed by atoms with Crippen molar-refractivity contribution in [1.29, 1.82) is 0 Å². The first kappa shape index (κ1) is 12.9. The topological polar surface area (TPSA) is 46.9 Å². The predicted molar refractivity (Wildman–Crippen MR) is 71.9 cm³/mol. The Morgan fingerprint density at radius 3 is 2.50 bits per heavy atom. The molecule has 0 radical (unpaired) electrons. The fourth-order valence-electron chi connectivity index (χ4n) is 1.59. The first-order chi connectivity index (χ1) is 8.49. The van der Waals surface area contributed by atoms with Crippen molar-refractivity contribution in [2.75, 3.05) is 5.43 Å². The highest BCUT2D eigenvalue weighted by Crippen LogP contribution is 2.18. The third-order valence-electron chi connectivity index (χ3n) is 2.55. The van der Waals surface area contributed by atoms with Crippen LogP contribution < -0.4 is 5.43 Å². The molecule has 18 heavy (non-hydrogen) atoms. The molecule has 2 aromatic rings. The van der Waals surface area contributed by atoms with E-state index in [4.69, 9.17) is 23.2 Å². The smallest absolute Gasteiger partial charge is 0.267 e. The van der Waals surface area contributed by atoms with Crippen molar-refractivity contribution in [2.24, 2.45) is 0 Å². The Labute approximate surface area is 115 Å². The maximum Gasteiger partial charge on any atom is 0.271 e. The molecule has 4 nitrogen and oxygen atoms in total.